The SMILES string of the molecule is CN(Cc1cnc(C2CCSCC2)n1C(=O)OC(C)(C)C)C(=O)OC(C)(C)C. The molecule has 2 heterocycles. The Morgan fingerprint density at radius 2 is 1.71 bits per heavy atom. The second kappa shape index (κ2) is 8.76. The molecule has 0 bridgehead atoms. The number of aromatic nitrogens is 2. The van der Waals surface area contributed by atoms with Crippen LogP contribution < -0.4 is 0 Å². The summed E-state index contributed by atoms with van der Waals surface area (Å²) in [7, 11) is 1.65. The van der Waals surface area contributed by atoms with Crippen LogP contribution in [0.1, 0.15) is 71.8 Å². The normalized spacial score (nSPS) is 16.0. The van der Waals surface area contributed by atoms with Crippen LogP contribution in [0.3, 0.4) is 0 Å². The average Bonchev–Trinajstić information content (AvgIpc) is 2.96. The van der Waals surface area contributed by atoms with E-state index in [2.05, 4.69) is 4.98 Å². The van der Waals surface area contributed by atoms with Crippen molar-refractivity contribution in [3.63, 3.8) is 0 Å². The second-order valence-electron chi connectivity index (χ2n) is 9.15. The van der Waals surface area contributed by atoms with Gasteiger partial charge in [-0.15, -0.1) is 0 Å². The summed E-state index contributed by atoms with van der Waals surface area (Å²) < 4.78 is 12.6. The summed E-state index contributed by atoms with van der Waals surface area (Å²) in [5, 5.41) is 0. The van der Waals surface area contributed by atoms with Gasteiger partial charge in [0.2, 0.25) is 0 Å². The molecule has 1 aliphatic heterocycles. The molecule has 2 rings (SSSR count). The lowest BCUT2D eigenvalue weighted by atomic mass is 10.0. The van der Waals surface area contributed by atoms with Crippen LogP contribution in [0, 0.1) is 0 Å². The lowest BCUT2D eigenvalue weighted by Gasteiger charge is -2.26. The molecule has 0 saturated carbocycles. The lowest BCUT2D eigenvalue weighted by molar-refractivity contribution is 0.0273. The average molecular weight is 412 g/mol. The molecular formula is C20H33N3O4S. The summed E-state index contributed by atoms with van der Waals surface area (Å²) in [5.74, 6) is 3.05. The van der Waals surface area contributed by atoms with E-state index < -0.39 is 23.4 Å². The quantitative estimate of drug-likeness (QED) is 0.721. The van der Waals surface area contributed by atoms with E-state index in [0.29, 0.717) is 5.69 Å². The van der Waals surface area contributed by atoms with E-state index >= 15 is 0 Å². The second-order valence-corrected chi connectivity index (χ2v) is 10.4. The zero-order valence-corrected chi connectivity index (χ0v) is 18.9. The van der Waals surface area contributed by atoms with Gasteiger partial charge in [-0.25, -0.2) is 19.1 Å². The summed E-state index contributed by atoms with van der Waals surface area (Å²) in [4.78, 5) is 31.3. The summed E-state index contributed by atoms with van der Waals surface area (Å²) in [6, 6.07) is 0. The summed E-state index contributed by atoms with van der Waals surface area (Å²) in [6.45, 7) is 11.2. The van der Waals surface area contributed by atoms with Gasteiger partial charge in [-0.2, -0.15) is 11.8 Å². The number of amides is 1. The first-order valence-corrected chi connectivity index (χ1v) is 10.8. The maximum Gasteiger partial charge on any atom is 0.420 e. The van der Waals surface area contributed by atoms with Crippen molar-refractivity contribution in [2.45, 2.75) is 78.0 Å². The molecule has 1 aromatic rings. The smallest absolute Gasteiger partial charge is 0.420 e. The minimum Gasteiger partial charge on any atom is -0.444 e. The van der Waals surface area contributed by atoms with E-state index in [1.807, 2.05) is 53.3 Å². The predicted molar refractivity (Wildman–Crippen MR) is 111 cm³/mol. The fourth-order valence-corrected chi connectivity index (χ4v) is 4.03. The molecule has 8 heteroatoms. The fourth-order valence-electron chi connectivity index (χ4n) is 2.92. The van der Waals surface area contributed by atoms with Crippen LogP contribution in [0.2, 0.25) is 0 Å². The number of hydrogen-bond donors (Lipinski definition) is 0. The molecule has 0 N–H and O–H groups in total. The molecule has 1 aliphatic rings. The fraction of sp³-hybridized carbons (Fsp3) is 0.750. The number of nitrogens with zero attached hydrogens (tertiary/aromatic N) is 3. The molecular weight excluding hydrogens is 378 g/mol. The zero-order valence-electron chi connectivity index (χ0n) is 18.1. The molecule has 7 nitrogen and oxygen atoms in total. The van der Waals surface area contributed by atoms with Crippen molar-refractivity contribution in [3.8, 4) is 0 Å². The van der Waals surface area contributed by atoms with Gasteiger partial charge in [0.05, 0.1) is 18.4 Å². The number of imidazole rings is 1. The lowest BCUT2D eigenvalue weighted by Crippen LogP contribution is -2.35. The standard InChI is InChI=1S/C20H33N3O4S/c1-19(2,3)26-17(24)22(7)13-15-12-21-16(14-8-10-28-11-9-14)23(15)18(25)27-20(4,5)6/h12,14H,8-11,13H2,1-7H3. The Morgan fingerprint density at radius 1 is 1.14 bits per heavy atom. The molecule has 0 atom stereocenters. The summed E-state index contributed by atoms with van der Waals surface area (Å²) in [5.41, 5.74) is -0.576. The highest BCUT2D eigenvalue weighted by atomic mass is 32.2. The Kier molecular flexibility index (Phi) is 7.07. The number of carbonyl (C=O) groups is 2. The zero-order chi connectivity index (χ0) is 21.1. The molecule has 28 heavy (non-hydrogen) atoms. The highest BCUT2D eigenvalue weighted by Crippen LogP contribution is 2.32. The van der Waals surface area contributed by atoms with Gasteiger partial charge in [0.25, 0.3) is 0 Å². The molecule has 1 aromatic heterocycles. The van der Waals surface area contributed by atoms with E-state index in [1.54, 1.807) is 17.8 Å². The minimum absolute atomic E-state index is 0.211. The molecule has 0 spiro atoms. The van der Waals surface area contributed by atoms with Gasteiger partial charge < -0.3 is 14.4 Å². The Balaban J connectivity index is 2.28. The van der Waals surface area contributed by atoms with Crippen LogP contribution >= 0.6 is 11.8 Å². The van der Waals surface area contributed by atoms with Gasteiger partial charge >= 0.3 is 12.2 Å². The topological polar surface area (TPSA) is 73.7 Å². The molecule has 0 radical (unpaired) electrons. The Hall–Kier alpha value is -1.70. The third-order valence-electron chi connectivity index (χ3n) is 4.13. The van der Waals surface area contributed by atoms with Crippen molar-refractivity contribution in [1.29, 1.82) is 0 Å². The monoisotopic (exact) mass is 411 g/mol. The van der Waals surface area contributed by atoms with Crippen molar-refractivity contribution in [1.82, 2.24) is 14.5 Å². The molecule has 0 aliphatic carbocycles. The molecule has 158 valence electrons. The third kappa shape index (κ3) is 6.43. The number of carbonyl (C=O) groups excluding carboxylic acids is 2. The first-order chi connectivity index (χ1) is 12.9. The van der Waals surface area contributed by atoms with Crippen LogP contribution in [0.25, 0.3) is 0 Å². The molecule has 1 saturated heterocycles. The molecule has 0 unspecified atom stereocenters. The van der Waals surface area contributed by atoms with E-state index in [4.69, 9.17) is 9.47 Å². The van der Waals surface area contributed by atoms with Gasteiger partial charge in [0.1, 0.15) is 17.0 Å². The summed E-state index contributed by atoms with van der Waals surface area (Å²) in [6.07, 6.45) is 2.73. The van der Waals surface area contributed by atoms with E-state index in [1.165, 1.54) is 4.90 Å². The van der Waals surface area contributed by atoms with Crippen LogP contribution in [0.4, 0.5) is 9.59 Å². The van der Waals surface area contributed by atoms with Crippen molar-refractivity contribution in [2.24, 2.45) is 0 Å². The van der Waals surface area contributed by atoms with Crippen molar-refractivity contribution in [3.05, 3.63) is 17.7 Å². The molecule has 0 aromatic carbocycles. The van der Waals surface area contributed by atoms with Crippen molar-refractivity contribution < 1.29 is 19.1 Å². The largest absolute Gasteiger partial charge is 0.444 e. The van der Waals surface area contributed by atoms with Crippen LogP contribution in [-0.4, -0.2) is 56.4 Å². The Labute approximate surface area is 172 Å². The van der Waals surface area contributed by atoms with Gasteiger partial charge in [-0.05, 0) is 65.9 Å². The molecule has 1 amide bonds. The number of thioether (sulfide) groups is 1. The van der Waals surface area contributed by atoms with Gasteiger partial charge in [-0.3, -0.25) is 0 Å². The molecule has 1 fully saturated rings. The van der Waals surface area contributed by atoms with Crippen molar-refractivity contribution >= 4 is 23.9 Å². The van der Waals surface area contributed by atoms with Gasteiger partial charge in [0.15, 0.2) is 0 Å². The summed E-state index contributed by atoms with van der Waals surface area (Å²) >= 11 is 1.92. The maximum atomic E-state index is 12.9. The number of ether oxygens (including phenoxy) is 2. The van der Waals surface area contributed by atoms with Gasteiger partial charge in [0, 0.05) is 13.0 Å². The van der Waals surface area contributed by atoms with Crippen LogP contribution in [-0.2, 0) is 16.0 Å². The van der Waals surface area contributed by atoms with E-state index in [9.17, 15) is 9.59 Å². The Morgan fingerprint density at radius 3 is 2.25 bits per heavy atom. The Bertz CT molecular complexity index is 697. The highest BCUT2D eigenvalue weighted by molar-refractivity contribution is 7.99. The van der Waals surface area contributed by atoms with Crippen LogP contribution in [0.15, 0.2) is 6.20 Å². The number of hydrogen-bond acceptors (Lipinski definition) is 6. The van der Waals surface area contributed by atoms with Gasteiger partial charge in [-0.1, -0.05) is 0 Å². The van der Waals surface area contributed by atoms with Crippen molar-refractivity contribution in [2.75, 3.05) is 18.6 Å². The first kappa shape index (κ1) is 22.6. The first-order valence-electron chi connectivity index (χ1n) is 9.69. The van der Waals surface area contributed by atoms with E-state index in [0.717, 1.165) is 30.2 Å². The van der Waals surface area contributed by atoms with E-state index in [-0.39, 0.29) is 12.5 Å². The van der Waals surface area contributed by atoms with Crippen LogP contribution in [0.5, 0.6) is 0 Å². The number of rotatable bonds is 3. The third-order valence-corrected chi connectivity index (χ3v) is 5.18. The predicted octanol–water partition coefficient (Wildman–Crippen LogP) is 4.64. The minimum atomic E-state index is -0.616. The highest BCUT2D eigenvalue weighted by Gasteiger charge is 2.29. The maximum absolute atomic E-state index is 12.9.